The smallest absolute Gasteiger partial charge is 0.323 e. The van der Waals surface area contributed by atoms with Crippen LogP contribution in [0.25, 0.3) is 0 Å². The van der Waals surface area contributed by atoms with E-state index < -0.39 is 55.5 Å². The first-order valence-electron chi connectivity index (χ1n) is 6.90. The van der Waals surface area contributed by atoms with Crippen molar-refractivity contribution < 1.29 is 35.1 Å². The summed E-state index contributed by atoms with van der Waals surface area (Å²) < 4.78 is 65.4. The quantitative estimate of drug-likeness (QED) is 0.345. The SMILES string of the molecule is NC(CCS(=O)(=O)[O-])C(=O)OC1C2CC3C1OS(=O)(=O)C3C2. The topological polar surface area (TPSA) is 153 Å². The van der Waals surface area contributed by atoms with Crippen molar-refractivity contribution in [2.24, 2.45) is 17.6 Å². The molecule has 6 unspecified atom stereocenters. The van der Waals surface area contributed by atoms with Crippen molar-refractivity contribution in [1.82, 2.24) is 0 Å². The van der Waals surface area contributed by atoms with Crippen LogP contribution in [0.1, 0.15) is 19.3 Å². The van der Waals surface area contributed by atoms with Crippen LogP contribution in [0.4, 0.5) is 0 Å². The van der Waals surface area contributed by atoms with Crippen molar-refractivity contribution in [3.8, 4) is 0 Å². The normalized spacial score (nSPS) is 39.8. The van der Waals surface area contributed by atoms with Crippen LogP contribution in [-0.2, 0) is 34.0 Å². The van der Waals surface area contributed by atoms with Gasteiger partial charge in [-0.25, -0.2) is 8.42 Å². The Bertz CT molecular complexity index is 687. The lowest BCUT2D eigenvalue weighted by Gasteiger charge is -2.26. The van der Waals surface area contributed by atoms with E-state index >= 15 is 0 Å². The molecule has 126 valence electrons. The van der Waals surface area contributed by atoms with Crippen LogP contribution in [0.3, 0.4) is 0 Å². The molecule has 2 bridgehead atoms. The summed E-state index contributed by atoms with van der Waals surface area (Å²) in [5, 5.41) is -0.517. The molecule has 0 aromatic carbocycles. The summed E-state index contributed by atoms with van der Waals surface area (Å²) in [6, 6.07) is -1.24. The Morgan fingerprint density at radius 3 is 2.73 bits per heavy atom. The molecular weight excluding hydrogens is 338 g/mol. The maximum atomic E-state index is 11.9. The Morgan fingerprint density at radius 2 is 2.09 bits per heavy atom. The largest absolute Gasteiger partial charge is 0.748 e. The summed E-state index contributed by atoms with van der Waals surface area (Å²) >= 11 is 0. The molecular formula is C11H16NO8S2-. The van der Waals surface area contributed by atoms with Crippen LogP contribution in [0.15, 0.2) is 0 Å². The zero-order valence-electron chi connectivity index (χ0n) is 11.5. The van der Waals surface area contributed by atoms with Crippen molar-refractivity contribution in [1.29, 1.82) is 0 Å². The fourth-order valence-corrected chi connectivity index (χ4v) is 6.08. The molecule has 6 atom stereocenters. The van der Waals surface area contributed by atoms with Crippen molar-refractivity contribution in [2.75, 3.05) is 5.75 Å². The summed E-state index contributed by atoms with van der Waals surface area (Å²) in [4.78, 5) is 11.9. The molecule has 0 aromatic heterocycles. The lowest BCUT2D eigenvalue weighted by atomic mass is 9.94. The second kappa shape index (κ2) is 5.13. The molecule has 3 rings (SSSR count). The summed E-state index contributed by atoms with van der Waals surface area (Å²) in [6.45, 7) is 0. The molecule has 0 amide bonds. The van der Waals surface area contributed by atoms with E-state index in [4.69, 9.17) is 14.7 Å². The molecule has 0 aromatic rings. The molecule has 3 aliphatic rings. The lowest BCUT2D eigenvalue weighted by molar-refractivity contribution is -0.157. The number of esters is 1. The minimum Gasteiger partial charge on any atom is -0.748 e. The third-order valence-corrected chi connectivity index (χ3v) is 7.16. The maximum absolute atomic E-state index is 11.9. The minimum absolute atomic E-state index is 0.0864. The van der Waals surface area contributed by atoms with Crippen molar-refractivity contribution in [3.63, 3.8) is 0 Å². The van der Waals surface area contributed by atoms with Gasteiger partial charge in [0.05, 0.1) is 15.4 Å². The number of fused-ring (bicyclic) bond motifs is 1. The van der Waals surface area contributed by atoms with Gasteiger partial charge in [0, 0.05) is 17.6 Å². The van der Waals surface area contributed by atoms with E-state index in [9.17, 15) is 26.2 Å². The zero-order valence-corrected chi connectivity index (χ0v) is 13.1. The van der Waals surface area contributed by atoms with E-state index in [2.05, 4.69) is 0 Å². The Morgan fingerprint density at radius 1 is 1.41 bits per heavy atom. The monoisotopic (exact) mass is 354 g/mol. The number of hydrogen-bond donors (Lipinski definition) is 1. The molecule has 3 fully saturated rings. The number of carbonyl (C=O) groups is 1. The first kappa shape index (κ1) is 16.1. The summed E-state index contributed by atoms with van der Waals surface area (Å²) in [5.74, 6) is -1.84. The van der Waals surface area contributed by atoms with Crippen LogP contribution in [0.5, 0.6) is 0 Å². The van der Waals surface area contributed by atoms with Crippen LogP contribution in [-0.4, -0.2) is 56.6 Å². The number of carbonyl (C=O) groups excluding carboxylic acids is 1. The average Bonchev–Trinajstić information content (AvgIpc) is 2.99. The second-order valence-corrected chi connectivity index (χ2v) is 9.35. The minimum atomic E-state index is -4.45. The second-order valence-electron chi connectivity index (χ2n) is 6.05. The van der Waals surface area contributed by atoms with Gasteiger partial charge in [-0.05, 0) is 19.3 Å². The van der Waals surface area contributed by atoms with Crippen LogP contribution < -0.4 is 5.73 Å². The van der Waals surface area contributed by atoms with E-state index in [1.165, 1.54) is 0 Å². The number of nitrogens with two attached hydrogens (primary N) is 1. The van der Waals surface area contributed by atoms with Crippen LogP contribution >= 0.6 is 0 Å². The van der Waals surface area contributed by atoms with Gasteiger partial charge in [0.25, 0.3) is 10.1 Å². The van der Waals surface area contributed by atoms with Gasteiger partial charge in [0.1, 0.15) is 18.2 Å². The fraction of sp³-hybridized carbons (Fsp3) is 0.909. The van der Waals surface area contributed by atoms with Gasteiger partial charge in [-0.1, -0.05) is 0 Å². The van der Waals surface area contributed by atoms with Gasteiger partial charge < -0.3 is 15.0 Å². The van der Waals surface area contributed by atoms with Gasteiger partial charge in [0.2, 0.25) is 0 Å². The highest BCUT2D eigenvalue weighted by atomic mass is 32.2. The molecule has 9 nitrogen and oxygen atoms in total. The van der Waals surface area contributed by atoms with Gasteiger partial charge in [-0.2, -0.15) is 8.42 Å². The van der Waals surface area contributed by atoms with Gasteiger partial charge in [-0.3, -0.25) is 8.98 Å². The molecule has 1 heterocycles. The van der Waals surface area contributed by atoms with Gasteiger partial charge in [-0.15, -0.1) is 0 Å². The lowest BCUT2D eigenvalue weighted by Crippen LogP contribution is -2.42. The Hall–Kier alpha value is -0.750. The molecule has 0 spiro atoms. The molecule has 1 saturated heterocycles. The molecule has 2 N–H and O–H groups in total. The summed E-state index contributed by atoms with van der Waals surface area (Å²) in [6.07, 6.45) is -0.672. The number of rotatable bonds is 5. The molecule has 11 heteroatoms. The Balaban J connectivity index is 1.62. The van der Waals surface area contributed by atoms with Crippen LogP contribution in [0, 0.1) is 11.8 Å². The average molecular weight is 354 g/mol. The molecule has 1 aliphatic heterocycles. The predicted octanol–water partition coefficient (Wildman–Crippen LogP) is -1.70. The van der Waals surface area contributed by atoms with E-state index in [0.29, 0.717) is 12.8 Å². The highest BCUT2D eigenvalue weighted by molar-refractivity contribution is 7.87. The summed E-state index contributed by atoms with van der Waals surface area (Å²) in [7, 11) is -8.05. The highest BCUT2D eigenvalue weighted by Gasteiger charge is 2.65. The molecule has 2 aliphatic carbocycles. The number of hydrogen-bond acceptors (Lipinski definition) is 9. The van der Waals surface area contributed by atoms with Gasteiger partial charge >= 0.3 is 5.97 Å². The summed E-state index contributed by atoms with van der Waals surface area (Å²) in [5.41, 5.74) is 5.51. The van der Waals surface area contributed by atoms with E-state index in [0.717, 1.165) is 0 Å². The number of ether oxygens (including phenoxy) is 1. The van der Waals surface area contributed by atoms with Gasteiger partial charge in [0.15, 0.2) is 0 Å². The molecule has 0 radical (unpaired) electrons. The predicted molar refractivity (Wildman–Crippen MR) is 70.8 cm³/mol. The van der Waals surface area contributed by atoms with E-state index in [-0.39, 0.29) is 18.3 Å². The standard InChI is InChI=1S/C11H17NO8S2/c12-7(1-2-21(14,15)16)11(13)19-9-5-3-6-8(4-5)22(17,18)20-10(6)9/h5-10H,1-4,12H2,(H,14,15,16)/p-1. The van der Waals surface area contributed by atoms with Crippen LogP contribution in [0.2, 0.25) is 0 Å². The van der Waals surface area contributed by atoms with E-state index in [1.54, 1.807) is 0 Å². The first-order chi connectivity index (χ1) is 10.1. The Labute approximate surface area is 128 Å². The first-order valence-corrected chi connectivity index (χ1v) is 9.95. The van der Waals surface area contributed by atoms with Crippen molar-refractivity contribution in [3.05, 3.63) is 0 Å². The zero-order chi connectivity index (χ0) is 16.3. The molecule has 2 saturated carbocycles. The highest BCUT2D eigenvalue weighted by Crippen LogP contribution is 2.55. The van der Waals surface area contributed by atoms with Crippen molar-refractivity contribution >= 4 is 26.2 Å². The Kier molecular flexibility index (Phi) is 3.76. The van der Waals surface area contributed by atoms with E-state index in [1.807, 2.05) is 0 Å². The third-order valence-electron chi connectivity index (χ3n) is 4.65. The van der Waals surface area contributed by atoms with Crippen molar-refractivity contribution in [2.45, 2.75) is 42.8 Å². The fourth-order valence-electron chi connectivity index (χ4n) is 3.65. The molecule has 22 heavy (non-hydrogen) atoms. The third kappa shape index (κ3) is 2.75. The maximum Gasteiger partial charge on any atom is 0.323 e.